The number of rotatable bonds is 6. The van der Waals surface area contributed by atoms with Crippen molar-refractivity contribution in [2.45, 2.75) is 13.3 Å². The van der Waals surface area contributed by atoms with Crippen molar-refractivity contribution in [3.05, 3.63) is 60.0 Å². The van der Waals surface area contributed by atoms with Gasteiger partial charge in [0.25, 0.3) is 5.91 Å². The van der Waals surface area contributed by atoms with Crippen molar-refractivity contribution in [2.75, 3.05) is 13.2 Å². The number of hydrogen-bond acceptors (Lipinski definition) is 4. The molecule has 0 saturated heterocycles. The fourth-order valence-corrected chi connectivity index (χ4v) is 2.32. The van der Waals surface area contributed by atoms with Gasteiger partial charge in [0, 0.05) is 24.7 Å². The third-order valence-corrected chi connectivity index (χ3v) is 3.45. The van der Waals surface area contributed by atoms with Crippen LogP contribution in [0.4, 0.5) is 0 Å². The summed E-state index contributed by atoms with van der Waals surface area (Å²) in [6.45, 7) is 3.04. The number of ether oxygens (including phenoxy) is 1. The van der Waals surface area contributed by atoms with E-state index in [1.54, 1.807) is 24.3 Å². The molecule has 0 fully saturated rings. The van der Waals surface area contributed by atoms with Crippen molar-refractivity contribution in [3.8, 4) is 5.75 Å². The summed E-state index contributed by atoms with van der Waals surface area (Å²) < 4.78 is 7.28. The average molecular weight is 310 g/mol. The molecule has 0 atom stereocenters. The highest BCUT2D eigenvalue weighted by molar-refractivity contribution is 5.94. The van der Waals surface area contributed by atoms with Gasteiger partial charge < -0.3 is 10.1 Å². The molecule has 0 bridgehead atoms. The number of pyridine rings is 1. The van der Waals surface area contributed by atoms with Crippen LogP contribution >= 0.6 is 0 Å². The molecule has 0 aliphatic carbocycles. The average Bonchev–Trinajstić information content (AvgIpc) is 2.99. The Morgan fingerprint density at radius 3 is 2.78 bits per heavy atom. The predicted octanol–water partition coefficient (Wildman–Crippen LogP) is 2.10. The maximum absolute atomic E-state index is 12.1. The maximum Gasteiger partial charge on any atom is 0.251 e. The van der Waals surface area contributed by atoms with Gasteiger partial charge in [0.15, 0.2) is 5.65 Å². The number of benzene rings is 1. The zero-order chi connectivity index (χ0) is 16.1. The molecule has 1 N–H and O–H groups in total. The van der Waals surface area contributed by atoms with E-state index < -0.39 is 0 Å². The summed E-state index contributed by atoms with van der Waals surface area (Å²) in [5.74, 6) is 1.48. The topological polar surface area (TPSA) is 68.5 Å². The number of fused-ring (bicyclic) bond motifs is 1. The Hall–Kier alpha value is -2.89. The molecule has 0 aliphatic rings. The van der Waals surface area contributed by atoms with Gasteiger partial charge >= 0.3 is 0 Å². The van der Waals surface area contributed by atoms with Crippen molar-refractivity contribution in [1.82, 2.24) is 19.9 Å². The summed E-state index contributed by atoms with van der Waals surface area (Å²) in [6.07, 6.45) is 2.53. The molecular weight excluding hydrogens is 292 g/mol. The lowest BCUT2D eigenvalue weighted by Crippen LogP contribution is -2.26. The molecule has 1 aromatic carbocycles. The first-order valence-electron chi connectivity index (χ1n) is 7.57. The summed E-state index contributed by atoms with van der Waals surface area (Å²) in [7, 11) is 0. The normalized spacial score (nSPS) is 10.7. The van der Waals surface area contributed by atoms with Crippen LogP contribution in [0.2, 0.25) is 0 Å². The molecule has 1 amide bonds. The Morgan fingerprint density at radius 2 is 2.00 bits per heavy atom. The van der Waals surface area contributed by atoms with Gasteiger partial charge in [-0.25, -0.2) is 0 Å². The molecule has 3 aromatic rings. The molecule has 2 heterocycles. The molecule has 6 nitrogen and oxygen atoms in total. The highest BCUT2D eigenvalue weighted by Gasteiger charge is 2.07. The van der Waals surface area contributed by atoms with E-state index in [2.05, 4.69) is 15.5 Å². The lowest BCUT2D eigenvalue weighted by atomic mass is 10.2. The van der Waals surface area contributed by atoms with Gasteiger partial charge in [0.05, 0.1) is 6.61 Å². The minimum Gasteiger partial charge on any atom is -0.494 e. The van der Waals surface area contributed by atoms with Gasteiger partial charge in [-0.05, 0) is 43.3 Å². The number of hydrogen-bond donors (Lipinski definition) is 1. The van der Waals surface area contributed by atoms with E-state index in [9.17, 15) is 4.79 Å². The van der Waals surface area contributed by atoms with Gasteiger partial charge in [0.1, 0.15) is 11.6 Å². The summed E-state index contributed by atoms with van der Waals surface area (Å²) >= 11 is 0. The van der Waals surface area contributed by atoms with Crippen LogP contribution in [0.3, 0.4) is 0 Å². The highest BCUT2D eigenvalue weighted by Crippen LogP contribution is 2.12. The second kappa shape index (κ2) is 6.91. The maximum atomic E-state index is 12.1. The van der Waals surface area contributed by atoms with Crippen molar-refractivity contribution in [3.63, 3.8) is 0 Å². The first-order valence-corrected chi connectivity index (χ1v) is 7.57. The quantitative estimate of drug-likeness (QED) is 0.757. The van der Waals surface area contributed by atoms with Crippen LogP contribution in [-0.2, 0) is 6.42 Å². The Labute approximate surface area is 134 Å². The smallest absolute Gasteiger partial charge is 0.251 e. The first-order chi connectivity index (χ1) is 11.3. The Balaban J connectivity index is 1.56. The SMILES string of the molecule is CCOc1ccc(C(=O)NCCc2nnc3ccccn23)cc1. The Bertz CT molecular complexity index is 796. The molecule has 118 valence electrons. The summed E-state index contributed by atoms with van der Waals surface area (Å²) in [5.41, 5.74) is 1.42. The van der Waals surface area contributed by atoms with E-state index in [0.717, 1.165) is 17.2 Å². The molecule has 23 heavy (non-hydrogen) atoms. The van der Waals surface area contributed by atoms with Gasteiger partial charge in [-0.2, -0.15) is 0 Å². The summed E-state index contributed by atoms with van der Waals surface area (Å²) in [4.78, 5) is 12.1. The second-order valence-corrected chi connectivity index (χ2v) is 5.01. The van der Waals surface area contributed by atoms with Crippen LogP contribution < -0.4 is 10.1 Å². The van der Waals surface area contributed by atoms with Crippen molar-refractivity contribution >= 4 is 11.6 Å². The molecule has 0 saturated carbocycles. The second-order valence-electron chi connectivity index (χ2n) is 5.01. The third kappa shape index (κ3) is 3.48. The molecule has 0 radical (unpaired) electrons. The number of nitrogens with one attached hydrogen (secondary N) is 1. The minimum atomic E-state index is -0.109. The largest absolute Gasteiger partial charge is 0.494 e. The van der Waals surface area contributed by atoms with Crippen LogP contribution in [0.15, 0.2) is 48.7 Å². The van der Waals surface area contributed by atoms with Crippen molar-refractivity contribution < 1.29 is 9.53 Å². The molecule has 2 aromatic heterocycles. The Morgan fingerprint density at radius 1 is 1.17 bits per heavy atom. The van der Waals surface area contributed by atoms with Crippen molar-refractivity contribution in [2.24, 2.45) is 0 Å². The monoisotopic (exact) mass is 310 g/mol. The lowest BCUT2D eigenvalue weighted by molar-refractivity contribution is 0.0954. The fourth-order valence-electron chi connectivity index (χ4n) is 2.32. The predicted molar refractivity (Wildman–Crippen MR) is 86.6 cm³/mol. The molecule has 6 heteroatoms. The van der Waals surface area contributed by atoms with Crippen LogP contribution in [0.1, 0.15) is 23.1 Å². The molecule has 0 aliphatic heterocycles. The van der Waals surface area contributed by atoms with Crippen LogP contribution in [-0.4, -0.2) is 33.7 Å². The summed E-state index contributed by atoms with van der Waals surface area (Å²) in [6, 6.07) is 12.9. The fraction of sp³-hybridized carbons (Fsp3) is 0.235. The van der Waals surface area contributed by atoms with Crippen LogP contribution in [0.25, 0.3) is 5.65 Å². The molecule has 0 spiro atoms. The van der Waals surface area contributed by atoms with E-state index in [1.165, 1.54) is 0 Å². The third-order valence-electron chi connectivity index (χ3n) is 3.45. The first kappa shape index (κ1) is 15.0. The molecule has 0 unspecified atom stereocenters. The van der Waals surface area contributed by atoms with E-state index in [0.29, 0.717) is 25.1 Å². The van der Waals surface area contributed by atoms with E-state index in [-0.39, 0.29) is 5.91 Å². The van der Waals surface area contributed by atoms with Crippen LogP contribution in [0.5, 0.6) is 5.75 Å². The van der Waals surface area contributed by atoms with Gasteiger partial charge in [-0.15, -0.1) is 10.2 Å². The van der Waals surface area contributed by atoms with Gasteiger partial charge in [0.2, 0.25) is 0 Å². The Kier molecular flexibility index (Phi) is 4.52. The van der Waals surface area contributed by atoms with E-state index >= 15 is 0 Å². The zero-order valence-electron chi connectivity index (χ0n) is 12.9. The number of carbonyl (C=O) groups excluding carboxylic acids is 1. The van der Waals surface area contributed by atoms with Gasteiger partial charge in [-0.3, -0.25) is 9.20 Å². The van der Waals surface area contributed by atoms with Crippen LogP contribution in [0, 0.1) is 0 Å². The molecular formula is C17H18N4O2. The van der Waals surface area contributed by atoms with Crippen molar-refractivity contribution in [1.29, 1.82) is 0 Å². The number of nitrogens with zero attached hydrogens (tertiary/aromatic N) is 3. The standard InChI is InChI=1S/C17H18N4O2/c1-2-23-14-8-6-13(7-9-14)17(22)18-11-10-16-20-19-15-5-3-4-12-21(15)16/h3-9,12H,2,10-11H2,1H3,(H,18,22). The number of amides is 1. The van der Waals surface area contributed by atoms with E-state index in [1.807, 2.05) is 35.7 Å². The minimum absolute atomic E-state index is 0.109. The zero-order valence-corrected chi connectivity index (χ0v) is 12.9. The highest BCUT2D eigenvalue weighted by atomic mass is 16.5. The van der Waals surface area contributed by atoms with Gasteiger partial charge in [-0.1, -0.05) is 6.07 Å². The number of aromatic nitrogens is 3. The summed E-state index contributed by atoms with van der Waals surface area (Å²) in [5, 5.41) is 11.1. The lowest BCUT2D eigenvalue weighted by Gasteiger charge is -2.06. The molecule has 3 rings (SSSR count). The number of carbonyl (C=O) groups is 1. The van der Waals surface area contributed by atoms with E-state index in [4.69, 9.17) is 4.74 Å².